The van der Waals surface area contributed by atoms with Gasteiger partial charge in [-0.3, -0.25) is 0 Å². The summed E-state index contributed by atoms with van der Waals surface area (Å²) in [6.07, 6.45) is 3.11. The first kappa shape index (κ1) is 14.2. The highest BCUT2D eigenvalue weighted by molar-refractivity contribution is 5.90. The Balaban J connectivity index is 2.48. The molecule has 0 saturated heterocycles. The molecule has 0 aliphatic rings. The molecule has 2 aromatic heterocycles. The Morgan fingerprint density at radius 3 is 2.75 bits per heavy atom. The third-order valence-corrected chi connectivity index (χ3v) is 2.93. The van der Waals surface area contributed by atoms with Gasteiger partial charge in [-0.2, -0.15) is 0 Å². The zero-order valence-corrected chi connectivity index (χ0v) is 12.1. The second-order valence-corrected chi connectivity index (χ2v) is 4.80. The number of furan rings is 1. The Morgan fingerprint density at radius 1 is 1.45 bits per heavy atom. The van der Waals surface area contributed by atoms with Crippen molar-refractivity contribution in [2.75, 3.05) is 6.61 Å². The van der Waals surface area contributed by atoms with E-state index < -0.39 is 0 Å². The molecule has 0 spiro atoms. The minimum absolute atomic E-state index is 0.0893. The summed E-state index contributed by atoms with van der Waals surface area (Å²) in [6, 6.07) is 1.85. The highest BCUT2D eigenvalue weighted by atomic mass is 16.5. The quantitative estimate of drug-likeness (QED) is 0.800. The van der Waals surface area contributed by atoms with Crippen molar-refractivity contribution in [1.82, 2.24) is 9.97 Å². The molecular formula is C15H18N2O3. The Bertz CT molecular complexity index is 617. The van der Waals surface area contributed by atoms with Crippen LogP contribution in [0.2, 0.25) is 0 Å². The van der Waals surface area contributed by atoms with Crippen molar-refractivity contribution in [1.29, 1.82) is 0 Å². The van der Waals surface area contributed by atoms with Crippen molar-refractivity contribution in [2.45, 2.75) is 33.6 Å². The maximum Gasteiger partial charge on any atom is 0.341 e. The first-order valence-electron chi connectivity index (χ1n) is 6.63. The summed E-state index contributed by atoms with van der Waals surface area (Å²) in [4.78, 5) is 20.6. The molecule has 2 aromatic rings. The van der Waals surface area contributed by atoms with Crippen LogP contribution < -0.4 is 0 Å². The van der Waals surface area contributed by atoms with Crippen molar-refractivity contribution in [3.63, 3.8) is 0 Å². The minimum Gasteiger partial charge on any atom is -0.462 e. The second kappa shape index (κ2) is 5.86. The van der Waals surface area contributed by atoms with E-state index >= 15 is 0 Å². The van der Waals surface area contributed by atoms with Gasteiger partial charge in [-0.1, -0.05) is 13.8 Å². The van der Waals surface area contributed by atoms with E-state index in [1.54, 1.807) is 13.2 Å². The molecule has 0 saturated carbocycles. The number of ether oxygens (including phenoxy) is 1. The largest absolute Gasteiger partial charge is 0.462 e. The molecule has 2 heterocycles. The van der Waals surface area contributed by atoms with Gasteiger partial charge in [0.05, 0.1) is 24.1 Å². The molecule has 0 aliphatic carbocycles. The van der Waals surface area contributed by atoms with Gasteiger partial charge in [0.25, 0.3) is 0 Å². The van der Waals surface area contributed by atoms with Crippen LogP contribution in [0.15, 0.2) is 22.9 Å². The summed E-state index contributed by atoms with van der Waals surface area (Å²) in [5.74, 6) is 0.817. The van der Waals surface area contributed by atoms with Gasteiger partial charge in [-0.15, -0.1) is 0 Å². The van der Waals surface area contributed by atoms with Crippen LogP contribution in [0.4, 0.5) is 0 Å². The van der Waals surface area contributed by atoms with Gasteiger partial charge in [0.15, 0.2) is 11.6 Å². The third-order valence-electron chi connectivity index (χ3n) is 2.93. The molecule has 5 heteroatoms. The lowest BCUT2D eigenvalue weighted by molar-refractivity contribution is 0.0523. The predicted molar refractivity (Wildman–Crippen MR) is 74.5 cm³/mol. The SMILES string of the molecule is CCOC(=O)c1cnc(-c2occc2C)nc1C(C)C. The summed E-state index contributed by atoms with van der Waals surface area (Å²) >= 11 is 0. The summed E-state index contributed by atoms with van der Waals surface area (Å²) < 4.78 is 10.4. The zero-order valence-electron chi connectivity index (χ0n) is 12.1. The van der Waals surface area contributed by atoms with Gasteiger partial charge in [-0.05, 0) is 31.4 Å². The number of hydrogen-bond acceptors (Lipinski definition) is 5. The molecule has 0 unspecified atom stereocenters. The van der Waals surface area contributed by atoms with Gasteiger partial charge in [0.2, 0.25) is 0 Å². The monoisotopic (exact) mass is 274 g/mol. The van der Waals surface area contributed by atoms with E-state index in [2.05, 4.69) is 9.97 Å². The van der Waals surface area contributed by atoms with Crippen LogP contribution in [0.5, 0.6) is 0 Å². The fourth-order valence-electron chi connectivity index (χ4n) is 1.91. The summed E-state index contributed by atoms with van der Waals surface area (Å²) in [5, 5.41) is 0. The second-order valence-electron chi connectivity index (χ2n) is 4.80. The molecule has 0 bridgehead atoms. The molecule has 106 valence electrons. The molecule has 0 aliphatic heterocycles. The summed E-state index contributed by atoms with van der Waals surface area (Å²) in [6.45, 7) is 7.98. The first-order valence-corrected chi connectivity index (χ1v) is 6.63. The van der Waals surface area contributed by atoms with E-state index in [0.717, 1.165) is 5.56 Å². The van der Waals surface area contributed by atoms with Crippen molar-refractivity contribution >= 4 is 5.97 Å². The summed E-state index contributed by atoms with van der Waals surface area (Å²) in [7, 11) is 0. The highest BCUT2D eigenvalue weighted by Gasteiger charge is 2.20. The molecule has 0 aromatic carbocycles. The van der Waals surface area contributed by atoms with E-state index in [1.165, 1.54) is 6.20 Å². The average molecular weight is 274 g/mol. The topological polar surface area (TPSA) is 65.2 Å². The molecule has 0 radical (unpaired) electrons. The van der Waals surface area contributed by atoms with Crippen molar-refractivity contribution in [3.8, 4) is 11.6 Å². The van der Waals surface area contributed by atoms with Crippen molar-refractivity contribution in [2.24, 2.45) is 0 Å². The Kier molecular flexibility index (Phi) is 4.17. The number of hydrogen-bond donors (Lipinski definition) is 0. The van der Waals surface area contributed by atoms with Crippen LogP contribution in [0, 0.1) is 6.92 Å². The normalized spacial score (nSPS) is 10.8. The number of carbonyl (C=O) groups is 1. The minimum atomic E-state index is -0.390. The smallest absolute Gasteiger partial charge is 0.341 e. The molecule has 20 heavy (non-hydrogen) atoms. The van der Waals surface area contributed by atoms with Crippen molar-refractivity contribution in [3.05, 3.63) is 35.3 Å². The van der Waals surface area contributed by atoms with E-state index in [9.17, 15) is 4.79 Å². The van der Waals surface area contributed by atoms with E-state index in [4.69, 9.17) is 9.15 Å². The number of nitrogens with zero attached hydrogens (tertiary/aromatic N) is 2. The maximum absolute atomic E-state index is 11.9. The fraction of sp³-hybridized carbons (Fsp3) is 0.400. The maximum atomic E-state index is 11.9. The zero-order chi connectivity index (χ0) is 14.7. The average Bonchev–Trinajstić information content (AvgIpc) is 2.84. The lowest BCUT2D eigenvalue weighted by Gasteiger charge is -2.11. The number of aromatic nitrogens is 2. The Labute approximate surface area is 118 Å². The Hall–Kier alpha value is -2.17. The number of rotatable bonds is 4. The van der Waals surface area contributed by atoms with Crippen LogP contribution >= 0.6 is 0 Å². The van der Waals surface area contributed by atoms with Gasteiger partial charge in [-0.25, -0.2) is 14.8 Å². The van der Waals surface area contributed by atoms with Crippen LogP contribution in [0.3, 0.4) is 0 Å². The molecular weight excluding hydrogens is 256 g/mol. The number of carbonyl (C=O) groups excluding carboxylic acids is 1. The van der Waals surface area contributed by atoms with Gasteiger partial charge in [0, 0.05) is 6.20 Å². The van der Waals surface area contributed by atoms with Crippen LogP contribution in [0.1, 0.15) is 48.3 Å². The van der Waals surface area contributed by atoms with E-state index in [1.807, 2.05) is 26.8 Å². The molecule has 0 fully saturated rings. The van der Waals surface area contributed by atoms with Crippen LogP contribution in [-0.4, -0.2) is 22.5 Å². The van der Waals surface area contributed by atoms with Crippen LogP contribution in [-0.2, 0) is 4.74 Å². The van der Waals surface area contributed by atoms with Gasteiger partial charge >= 0.3 is 5.97 Å². The fourth-order valence-corrected chi connectivity index (χ4v) is 1.91. The van der Waals surface area contributed by atoms with E-state index in [-0.39, 0.29) is 11.9 Å². The van der Waals surface area contributed by atoms with Gasteiger partial charge in [0.1, 0.15) is 0 Å². The molecule has 0 atom stereocenters. The van der Waals surface area contributed by atoms with Gasteiger partial charge < -0.3 is 9.15 Å². The molecule has 5 nitrogen and oxygen atoms in total. The van der Waals surface area contributed by atoms with E-state index in [0.29, 0.717) is 29.4 Å². The standard InChI is InChI=1S/C15H18N2O3/c1-5-19-15(18)11-8-16-14(17-12(11)9(2)3)13-10(4)6-7-20-13/h6-9H,5H2,1-4H3. The molecule has 0 N–H and O–H groups in total. The van der Waals surface area contributed by atoms with Crippen molar-refractivity contribution < 1.29 is 13.9 Å². The number of aryl methyl sites for hydroxylation is 1. The number of esters is 1. The van der Waals surface area contributed by atoms with Crippen LogP contribution in [0.25, 0.3) is 11.6 Å². The first-order chi connectivity index (χ1) is 9.54. The molecule has 0 amide bonds. The lowest BCUT2D eigenvalue weighted by atomic mass is 10.0. The Morgan fingerprint density at radius 2 is 2.20 bits per heavy atom. The lowest BCUT2D eigenvalue weighted by Crippen LogP contribution is -2.12. The predicted octanol–water partition coefficient (Wildman–Crippen LogP) is 3.35. The third kappa shape index (κ3) is 2.71. The highest BCUT2D eigenvalue weighted by Crippen LogP contribution is 2.24. The summed E-state index contributed by atoms with van der Waals surface area (Å²) in [5.41, 5.74) is 2.04. The molecule has 2 rings (SSSR count).